The number of anilines is 1. The standard InChI is InChI=1S/C28H26N2O3.CH4.H2S/c1-18-26(19(2)33-30-18)21-13-14-25-24(15-21)28(27(32)29-25,23-11-7-4-8-12-23)16-22(17-31)20-9-5-3-6-10-20;;/h3-15,22,31H,16-17H2,1-2H3,(H,29,32);1H4;1H2/t22-,28?;;/m1../s1. The molecule has 182 valence electrons. The monoisotopic (exact) mass is 488 g/mol. The van der Waals surface area contributed by atoms with Crippen molar-refractivity contribution in [2.24, 2.45) is 0 Å². The number of carbonyl (C=O) groups is 1. The summed E-state index contributed by atoms with van der Waals surface area (Å²) in [6, 6.07) is 25.8. The lowest BCUT2D eigenvalue weighted by Gasteiger charge is -2.32. The van der Waals surface area contributed by atoms with Crippen molar-refractivity contribution >= 4 is 25.1 Å². The average Bonchev–Trinajstić information content (AvgIpc) is 3.33. The van der Waals surface area contributed by atoms with E-state index < -0.39 is 5.41 Å². The Morgan fingerprint density at radius 2 is 1.66 bits per heavy atom. The van der Waals surface area contributed by atoms with Crippen molar-refractivity contribution in [3.8, 4) is 11.1 Å². The number of nitrogens with one attached hydrogen (secondary N) is 1. The van der Waals surface area contributed by atoms with Crippen LogP contribution in [-0.2, 0) is 10.2 Å². The fourth-order valence-electron chi connectivity index (χ4n) is 5.12. The lowest BCUT2D eigenvalue weighted by Crippen LogP contribution is -2.38. The van der Waals surface area contributed by atoms with E-state index in [1.54, 1.807) is 0 Å². The minimum Gasteiger partial charge on any atom is -0.396 e. The summed E-state index contributed by atoms with van der Waals surface area (Å²) in [5.74, 6) is 0.465. The number of rotatable bonds is 6. The highest BCUT2D eigenvalue weighted by Gasteiger charge is 2.49. The molecule has 35 heavy (non-hydrogen) atoms. The molecule has 0 aliphatic carbocycles. The fraction of sp³-hybridized carbons (Fsp3) is 0.241. The molecule has 1 aliphatic rings. The van der Waals surface area contributed by atoms with Gasteiger partial charge < -0.3 is 14.9 Å². The molecular weight excluding hydrogens is 456 g/mol. The summed E-state index contributed by atoms with van der Waals surface area (Å²) in [6.45, 7) is 3.77. The minimum absolute atomic E-state index is 0. The third kappa shape index (κ3) is 4.40. The second-order valence-corrected chi connectivity index (χ2v) is 8.68. The summed E-state index contributed by atoms with van der Waals surface area (Å²) >= 11 is 0. The van der Waals surface area contributed by atoms with Crippen molar-refractivity contribution in [1.82, 2.24) is 5.16 Å². The highest BCUT2D eigenvalue weighted by atomic mass is 32.1. The van der Waals surface area contributed by atoms with Gasteiger partial charge in [-0.1, -0.05) is 79.3 Å². The first kappa shape index (κ1) is 26.3. The maximum Gasteiger partial charge on any atom is 0.239 e. The van der Waals surface area contributed by atoms with Crippen LogP contribution in [-0.4, -0.2) is 22.8 Å². The van der Waals surface area contributed by atoms with Crippen molar-refractivity contribution in [2.45, 2.75) is 39.0 Å². The number of carbonyl (C=O) groups excluding carboxylic acids is 1. The number of aryl methyl sites for hydroxylation is 2. The van der Waals surface area contributed by atoms with E-state index in [0.29, 0.717) is 6.42 Å². The number of aliphatic hydroxyl groups is 1. The van der Waals surface area contributed by atoms with Crippen molar-refractivity contribution in [1.29, 1.82) is 0 Å². The maximum atomic E-state index is 13.7. The van der Waals surface area contributed by atoms with E-state index in [1.807, 2.05) is 86.6 Å². The second-order valence-electron chi connectivity index (χ2n) is 8.68. The highest BCUT2D eigenvalue weighted by molar-refractivity contribution is 7.59. The Labute approximate surface area is 213 Å². The van der Waals surface area contributed by atoms with Crippen LogP contribution in [0, 0.1) is 13.8 Å². The Balaban J connectivity index is 0.00000171. The molecule has 3 aromatic carbocycles. The van der Waals surface area contributed by atoms with Crippen LogP contribution in [0.5, 0.6) is 0 Å². The number of hydrogen-bond acceptors (Lipinski definition) is 4. The number of benzene rings is 3. The molecule has 0 bridgehead atoms. The third-order valence-electron chi connectivity index (χ3n) is 6.75. The summed E-state index contributed by atoms with van der Waals surface area (Å²) in [4.78, 5) is 13.7. The van der Waals surface area contributed by atoms with Gasteiger partial charge >= 0.3 is 0 Å². The predicted molar refractivity (Wildman–Crippen MR) is 145 cm³/mol. The van der Waals surface area contributed by atoms with E-state index in [2.05, 4.69) is 16.5 Å². The molecule has 2 heterocycles. The zero-order chi connectivity index (χ0) is 23.0. The Kier molecular flexibility index (Phi) is 7.88. The molecule has 0 saturated heterocycles. The van der Waals surface area contributed by atoms with Gasteiger partial charge in [0.05, 0.1) is 5.69 Å². The lowest BCUT2D eigenvalue weighted by atomic mass is 9.68. The Bertz CT molecular complexity index is 1280. The molecule has 1 amide bonds. The van der Waals surface area contributed by atoms with Gasteiger partial charge in [0.1, 0.15) is 11.2 Å². The van der Waals surface area contributed by atoms with Gasteiger partial charge in [0.25, 0.3) is 0 Å². The van der Waals surface area contributed by atoms with Crippen molar-refractivity contribution < 1.29 is 14.4 Å². The van der Waals surface area contributed by atoms with Gasteiger partial charge in [-0.05, 0) is 54.7 Å². The van der Waals surface area contributed by atoms with E-state index in [0.717, 1.165) is 45.0 Å². The van der Waals surface area contributed by atoms with Crippen LogP contribution < -0.4 is 5.32 Å². The molecule has 1 aliphatic heterocycles. The van der Waals surface area contributed by atoms with Gasteiger partial charge in [0.15, 0.2) is 0 Å². The van der Waals surface area contributed by atoms with E-state index >= 15 is 0 Å². The van der Waals surface area contributed by atoms with Gasteiger partial charge in [-0.3, -0.25) is 4.79 Å². The molecule has 0 radical (unpaired) electrons. The number of fused-ring (bicyclic) bond motifs is 1. The smallest absolute Gasteiger partial charge is 0.239 e. The molecule has 1 unspecified atom stereocenters. The highest BCUT2D eigenvalue weighted by Crippen LogP contribution is 2.49. The molecular formula is C29H32N2O3S. The summed E-state index contributed by atoms with van der Waals surface area (Å²) in [6.07, 6.45) is 0.446. The molecule has 0 fully saturated rings. The van der Waals surface area contributed by atoms with Crippen LogP contribution in [0.3, 0.4) is 0 Å². The number of aromatic nitrogens is 1. The Hall–Kier alpha value is -3.35. The summed E-state index contributed by atoms with van der Waals surface area (Å²) < 4.78 is 5.40. The SMILES string of the molecule is C.Cc1noc(C)c1-c1ccc2c(c1)C(C[C@H](CO)c1ccccc1)(c1ccccc1)C(=O)N2.S. The summed E-state index contributed by atoms with van der Waals surface area (Å²) in [5.41, 5.74) is 5.41. The topological polar surface area (TPSA) is 75.4 Å². The van der Waals surface area contributed by atoms with Gasteiger partial charge in [0, 0.05) is 23.8 Å². The van der Waals surface area contributed by atoms with E-state index in [1.165, 1.54) is 0 Å². The lowest BCUT2D eigenvalue weighted by molar-refractivity contribution is -0.120. The third-order valence-corrected chi connectivity index (χ3v) is 6.75. The maximum absolute atomic E-state index is 13.7. The van der Waals surface area contributed by atoms with E-state index in [4.69, 9.17) is 4.52 Å². The van der Waals surface area contributed by atoms with Crippen LogP contribution in [0.15, 0.2) is 83.4 Å². The largest absolute Gasteiger partial charge is 0.396 e. The molecule has 5 nitrogen and oxygen atoms in total. The first-order chi connectivity index (χ1) is 16.0. The van der Waals surface area contributed by atoms with E-state index in [9.17, 15) is 9.90 Å². The van der Waals surface area contributed by atoms with Crippen LogP contribution in [0.1, 0.15) is 47.9 Å². The van der Waals surface area contributed by atoms with Crippen molar-refractivity contribution in [3.05, 3.63) is 107 Å². The predicted octanol–water partition coefficient (Wildman–Crippen LogP) is 6.11. The molecule has 6 heteroatoms. The van der Waals surface area contributed by atoms with Crippen LogP contribution in [0.25, 0.3) is 11.1 Å². The summed E-state index contributed by atoms with van der Waals surface area (Å²) in [5, 5.41) is 17.6. The molecule has 5 rings (SSSR count). The van der Waals surface area contributed by atoms with Gasteiger partial charge in [-0.25, -0.2) is 0 Å². The van der Waals surface area contributed by atoms with Gasteiger partial charge in [-0.15, -0.1) is 0 Å². The first-order valence-corrected chi connectivity index (χ1v) is 11.1. The molecule has 4 aromatic rings. The van der Waals surface area contributed by atoms with Gasteiger partial charge in [-0.2, -0.15) is 13.5 Å². The first-order valence-electron chi connectivity index (χ1n) is 11.1. The second kappa shape index (κ2) is 10.5. The van der Waals surface area contributed by atoms with E-state index in [-0.39, 0.29) is 39.4 Å². The number of amides is 1. The number of hydrogen-bond donors (Lipinski definition) is 2. The zero-order valence-corrected chi connectivity index (χ0v) is 20.2. The average molecular weight is 489 g/mol. The Morgan fingerprint density at radius 3 is 2.26 bits per heavy atom. The van der Waals surface area contributed by atoms with Crippen molar-refractivity contribution in [2.75, 3.05) is 11.9 Å². The van der Waals surface area contributed by atoms with Crippen LogP contribution in [0.4, 0.5) is 5.69 Å². The molecule has 0 spiro atoms. The Morgan fingerprint density at radius 1 is 1.00 bits per heavy atom. The van der Waals surface area contributed by atoms with Crippen LogP contribution >= 0.6 is 13.5 Å². The minimum atomic E-state index is -0.936. The molecule has 1 aromatic heterocycles. The molecule has 2 N–H and O–H groups in total. The number of nitrogens with zero attached hydrogens (tertiary/aromatic N) is 1. The zero-order valence-electron chi connectivity index (χ0n) is 19.2. The van der Waals surface area contributed by atoms with Gasteiger partial charge in [0.2, 0.25) is 5.91 Å². The quantitative estimate of drug-likeness (QED) is 0.343. The van der Waals surface area contributed by atoms with Crippen LogP contribution in [0.2, 0.25) is 0 Å². The molecule has 0 saturated carbocycles. The normalized spacial score (nSPS) is 17.1. The number of aliphatic hydroxyl groups excluding tert-OH is 1. The van der Waals surface area contributed by atoms with Crippen molar-refractivity contribution in [3.63, 3.8) is 0 Å². The molecule has 2 atom stereocenters. The summed E-state index contributed by atoms with van der Waals surface area (Å²) in [7, 11) is 0. The fourth-order valence-corrected chi connectivity index (χ4v) is 5.12.